The quantitative estimate of drug-likeness (QED) is 0.649. The van der Waals surface area contributed by atoms with Crippen LogP contribution >= 0.6 is 0 Å². The molecule has 1 aliphatic rings. The molecule has 0 aromatic heterocycles. The van der Waals surface area contributed by atoms with Crippen LogP contribution in [0.3, 0.4) is 0 Å². The van der Waals surface area contributed by atoms with Crippen molar-refractivity contribution in [1.82, 2.24) is 0 Å². The van der Waals surface area contributed by atoms with Gasteiger partial charge in [-0.15, -0.1) is 0 Å². The van der Waals surface area contributed by atoms with Gasteiger partial charge in [0, 0.05) is 0 Å². The Morgan fingerprint density at radius 3 is 1.30 bits per heavy atom. The van der Waals surface area contributed by atoms with Crippen LogP contribution in [0.15, 0.2) is 48.5 Å². The Balaban J connectivity index is 2.37. The topological polar surface area (TPSA) is 0 Å². The molecule has 0 saturated heterocycles. The molecule has 0 fully saturated rings. The maximum Gasteiger partial charge on any atom is 0.0799 e. The average molecular weight is 295 g/mol. The summed E-state index contributed by atoms with van der Waals surface area (Å²) in [4.78, 5) is 0. The van der Waals surface area contributed by atoms with Crippen molar-refractivity contribution < 1.29 is 0 Å². The van der Waals surface area contributed by atoms with Crippen molar-refractivity contribution in [3.05, 3.63) is 59.7 Å². The molecule has 102 valence electrons. The summed E-state index contributed by atoms with van der Waals surface area (Å²) in [6.07, 6.45) is 4.62. The molecular formula is C18H22Si2. The van der Waals surface area contributed by atoms with Gasteiger partial charge in [0.2, 0.25) is 0 Å². The van der Waals surface area contributed by atoms with Gasteiger partial charge in [0.25, 0.3) is 0 Å². The van der Waals surface area contributed by atoms with Crippen LogP contribution in [-0.2, 0) is 0 Å². The second-order valence-electron chi connectivity index (χ2n) is 6.76. The first-order valence-corrected chi connectivity index (χ1v) is 14.3. The Hall–Kier alpha value is -1.39. The minimum atomic E-state index is -1.48. The van der Waals surface area contributed by atoms with Crippen molar-refractivity contribution in [2.45, 2.75) is 26.2 Å². The summed E-state index contributed by atoms with van der Waals surface area (Å²) in [6, 6.07) is 18.0. The molecule has 0 radical (unpaired) electrons. The predicted octanol–water partition coefficient (Wildman–Crippen LogP) is 3.78. The number of fused-ring (bicyclic) bond motifs is 2. The molecule has 0 unspecified atom stereocenters. The van der Waals surface area contributed by atoms with E-state index in [9.17, 15) is 0 Å². The summed E-state index contributed by atoms with van der Waals surface area (Å²) in [7, 11) is -2.97. The molecule has 2 aromatic rings. The number of benzene rings is 2. The van der Waals surface area contributed by atoms with E-state index in [4.69, 9.17) is 0 Å². The maximum atomic E-state index is 2.56. The smallest absolute Gasteiger partial charge is 0.0671 e. The van der Waals surface area contributed by atoms with Crippen LogP contribution in [0.2, 0.25) is 26.2 Å². The van der Waals surface area contributed by atoms with Crippen LogP contribution in [0, 0.1) is 0 Å². The molecule has 1 heterocycles. The minimum Gasteiger partial charge on any atom is -0.0671 e. The molecule has 0 bridgehead atoms. The molecule has 20 heavy (non-hydrogen) atoms. The zero-order chi connectivity index (χ0) is 14.4. The van der Waals surface area contributed by atoms with Crippen LogP contribution in [0.4, 0.5) is 0 Å². The molecule has 0 spiro atoms. The third-order valence-corrected chi connectivity index (χ3v) is 23.0. The fourth-order valence-corrected chi connectivity index (χ4v) is 12.8. The predicted molar refractivity (Wildman–Crippen MR) is 96.0 cm³/mol. The van der Waals surface area contributed by atoms with Crippen LogP contribution in [-0.4, -0.2) is 15.2 Å². The molecule has 3 rings (SSSR count). The molecule has 0 N–H and O–H groups in total. The standard InChI is InChI=1S/C18H22Si2/c1-19(2)17-11-7-5-9-15(17)13-14-16-10-6-8-12-18(16)20(19,3)4/h5-14H,1-4H3/b14-13-. The van der Waals surface area contributed by atoms with Crippen molar-refractivity contribution in [2.75, 3.05) is 0 Å². The van der Waals surface area contributed by atoms with E-state index < -0.39 is 15.2 Å². The Labute approximate surface area is 124 Å². The molecular weight excluding hydrogens is 272 g/mol. The molecule has 0 amide bonds. The molecule has 0 nitrogen and oxygen atoms in total. The van der Waals surface area contributed by atoms with Crippen molar-refractivity contribution >= 4 is 37.7 Å². The van der Waals surface area contributed by atoms with Gasteiger partial charge < -0.3 is 0 Å². The molecule has 0 aliphatic carbocycles. The normalized spacial score (nSPS) is 20.2. The molecule has 2 heteroatoms. The summed E-state index contributed by atoms with van der Waals surface area (Å²) in [5.74, 6) is 0. The number of hydrogen-bond acceptors (Lipinski definition) is 0. The van der Waals surface area contributed by atoms with Gasteiger partial charge in [0.15, 0.2) is 0 Å². The lowest BCUT2D eigenvalue weighted by Gasteiger charge is -2.41. The fraction of sp³-hybridized carbons (Fsp3) is 0.222. The van der Waals surface area contributed by atoms with Crippen LogP contribution in [0.5, 0.6) is 0 Å². The van der Waals surface area contributed by atoms with E-state index >= 15 is 0 Å². The van der Waals surface area contributed by atoms with Crippen molar-refractivity contribution in [1.29, 1.82) is 0 Å². The molecule has 0 atom stereocenters. The van der Waals surface area contributed by atoms with E-state index in [0.29, 0.717) is 0 Å². The van der Waals surface area contributed by atoms with Gasteiger partial charge in [-0.1, -0.05) is 97.2 Å². The van der Waals surface area contributed by atoms with Gasteiger partial charge in [-0.3, -0.25) is 0 Å². The summed E-state index contributed by atoms with van der Waals surface area (Å²) in [5.41, 5.74) is 2.86. The van der Waals surface area contributed by atoms with Gasteiger partial charge in [-0.2, -0.15) is 0 Å². The third kappa shape index (κ3) is 1.86. The van der Waals surface area contributed by atoms with E-state index in [1.165, 1.54) is 11.1 Å². The first-order valence-electron chi connectivity index (χ1n) is 7.32. The second kappa shape index (κ2) is 4.57. The van der Waals surface area contributed by atoms with Crippen molar-refractivity contribution in [3.63, 3.8) is 0 Å². The molecule has 2 aromatic carbocycles. The van der Waals surface area contributed by atoms with Gasteiger partial charge in [0.1, 0.15) is 0 Å². The van der Waals surface area contributed by atoms with Crippen molar-refractivity contribution in [3.8, 4) is 0 Å². The molecule has 1 aliphatic heterocycles. The first kappa shape index (κ1) is 13.6. The Morgan fingerprint density at radius 2 is 0.900 bits per heavy atom. The number of rotatable bonds is 0. The number of hydrogen-bond donors (Lipinski definition) is 0. The highest BCUT2D eigenvalue weighted by molar-refractivity contribution is 7.50. The highest BCUT2D eigenvalue weighted by Gasteiger charge is 2.45. The van der Waals surface area contributed by atoms with Gasteiger partial charge in [-0.05, 0) is 11.1 Å². The lowest BCUT2D eigenvalue weighted by molar-refractivity contribution is 1.63. The Morgan fingerprint density at radius 1 is 0.550 bits per heavy atom. The summed E-state index contributed by atoms with van der Waals surface area (Å²) in [6.45, 7) is 10.3. The minimum absolute atomic E-state index is 1.43. The highest BCUT2D eigenvalue weighted by Crippen LogP contribution is 2.25. The summed E-state index contributed by atoms with van der Waals surface area (Å²) in [5, 5.41) is 3.25. The first-order chi connectivity index (χ1) is 9.44. The van der Waals surface area contributed by atoms with Crippen molar-refractivity contribution in [2.24, 2.45) is 0 Å². The third-order valence-electron chi connectivity index (χ3n) is 5.27. The summed E-state index contributed by atoms with van der Waals surface area (Å²) < 4.78 is 0. The largest absolute Gasteiger partial charge is 0.0799 e. The van der Waals surface area contributed by atoms with Crippen LogP contribution < -0.4 is 10.4 Å². The zero-order valence-corrected chi connectivity index (χ0v) is 14.8. The van der Waals surface area contributed by atoms with Gasteiger partial charge >= 0.3 is 0 Å². The summed E-state index contributed by atoms with van der Waals surface area (Å²) >= 11 is 0. The Kier molecular flexibility index (Phi) is 3.11. The maximum absolute atomic E-state index is 2.56. The monoisotopic (exact) mass is 294 g/mol. The fourth-order valence-electron chi connectivity index (χ4n) is 3.28. The van der Waals surface area contributed by atoms with Gasteiger partial charge in [0.05, 0.1) is 15.2 Å². The average Bonchev–Trinajstić information content (AvgIpc) is 2.44. The van der Waals surface area contributed by atoms with Crippen LogP contribution in [0.1, 0.15) is 11.1 Å². The lowest BCUT2D eigenvalue weighted by atomic mass is 10.1. The zero-order valence-electron chi connectivity index (χ0n) is 12.8. The SMILES string of the molecule is C[Si]1(C)c2ccccc2/C=C\c2ccccc2[Si]1(C)C. The van der Waals surface area contributed by atoms with Crippen LogP contribution in [0.25, 0.3) is 12.2 Å². The lowest BCUT2D eigenvalue weighted by Crippen LogP contribution is -2.70. The van der Waals surface area contributed by atoms with E-state index in [1.54, 1.807) is 10.4 Å². The van der Waals surface area contributed by atoms with E-state index in [2.05, 4.69) is 86.9 Å². The Bertz CT molecular complexity index is 622. The second-order valence-corrected chi connectivity index (χ2v) is 21.8. The van der Waals surface area contributed by atoms with E-state index in [-0.39, 0.29) is 0 Å². The van der Waals surface area contributed by atoms with E-state index in [0.717, 1.165) is 0 Å². The molecule has 0 saturated carbocycles. The van der Waals surface area contributed by atoms with E-state index in [1.807, 2.05) is 0 Å². The van der Waals surface area contributed by atoms with Gasteiger partial charge in [-0.25, -0.2) is 0 Å². The highest BCUT2D eigenvalue weighted by atomic mass is 29.3.